The zero-order chi connectivity index (χ0) is 12.3. The topological polar surface area (TPSA) is 65.5 Å². The van der Waals surface area contributed by atoms with Crippen LogP contribution in [0.3, 0.4) is 0 Å². The van der Waals surface area contributed by atoms with Gasteiger partial charge in [-0.25, -0.2) is 4.98 Å². The molecular formula is C12H17N3O2. The quantitative estimate of drug-likeness (QED) is 0.810. The van der Waals surface area contributed by atoms with Crippen LogP contribution in [0.2, 0.25) is 0 Å². The molecule has 2 N–H and O–H groups in total. The summed E-state index contributed by atoms with van der Waals surface area (Å²) in [5.41, 5.74) is 0.428. The number of aliphatic hydroxyl groups excluding tert-OH is 1. The molecule has 92 valence electrons. The average molecular weight is 235 g/mol. The maximum atomic E-state index is 12.1. The largest absolute Gasteiger partial charge is 0.391 e. The molecule has 1 unspecified atom stereocenters. The Hall–Kier alpha value is -1.62. The molecule has 0 saturated carbocycles. The lowest BCUT2D eigenvalue weighted by Crippen LogP contribution is -2.30. The van der Waals surface area contributed by atoms with Crippen LogP contribution >= 0.6 is 0 Å². The number of rotatable bonds is 3. The van der Waals surface area contributed by atoms with Crippen molar-refractivity contribution in [2.24, 2.45) is 0 Å². The van der Waals surface area contributed by atoms with Crippen molar-refractivity contribution in [3.8, 4) is 0 Å². The molecule has 5 heteroatoms. The summed E-state index contributed by atoms with van der Waals surface area (Å²) in [6.07, 6.45) is 0.259. The van der Waals surface area contributed by atoms with E-state index in [-0.39, 0.29) is 5.91 Å². The molecule has 0 aromatic carbocycles. The number of aliphatic hydroxyl groups is 1. The number of pyridine rings is 1. The Labute approximate surface area is 100 Å². The summed E-state index contributed by atoms with van der Waals surface area (Å²) >= 11 is 0. The second kappa shape index (κ2) is 5.14. The summed E-state index contributed by atoms with van der Waals surface area (Å²) in [4.78, 5) is 18.0. The van der Waals surface area contributed by atoms with Crippen LogP contribution in [0, 0.1) is 0 Å². The van der Waals surface area contributed by atoms with Gasteiger partial charge < -0.3 is 15.3 Å². The van der Waals surface area contributed by atoms with Crippen molar-refractivity contribution in [2.75, 3.05) is 25.0 Å². The molecule has 1 fully saturated rings. The number of hydrogen-bond donors (Lipinski definition) is 2. The highest BCUT2D eigenvalue weighted by molar-refractivity contribution is 5.92. The van der Waals surface area contributed by atoms with Crippen LogP contribution in [0.15, 0.2) is 18.2 Å². The van der Waals surface area contributed by atoms with Gasteiger partial charge in [-0.05, 0) is 25.5 Å². The van der Waals surface area contributed by atoms with Crippen LogP contribution in [0.4, 0.5) is 5.82 Å². The lowest BCUT2D eigenvalue weighted by atomic mass is 10.3. The van der Waals surface area contributed by atoms with Crippen LogP contribution in [0.25, 0.3) is 0 Å². The van der Waals surface area contributed by atoms with Gasteiger partial charge in [-0.15, -0.1) is 0 Å². The summed E-state index contributed by atoms with van der Waals surface area (Å²) in [5, 5.41) is 12.5. The number of carbonyl (C=O) groups excluding carboxylic acids is 1. The average Bonchev–Trinajstić information content (AvgIpc) is 2.76. The highest BCUT2D eigenvalue weighted by Crippen LogP contribution is 2.13. The second-order valence-corrected chi connectivity index (χ2v) is 4.13. The van der Waals surface area contributed by atoms with Crippen molar-refractivity contribution in [3.05, 3.63) is 23.9 Å². The lowest BCUT2D eigenvalue weighted by Gasteiger charge is -2.15. The molecule has 0 bridgehead atoms. The van der Waals surface area contributed by atoms with Crippen molar-refractivity contribution in [1.82, 2.24) is 9.88 Å². The van der Waals surface area contributed by atoms with E-state index in [2.05, 4.69) is 10.3 Å². The summed E-state index contributed by atoms with van der Waals surface area (Å²) in [6, 6.07) is 5.34. The first-order valence-corrected chi connectivity index (χ1v) is 5.89. The van der Waals surface area contributed by atoms with Crippen molar-refractivity contribution >= 4 is 11.7 Å². The van der Waals surface area contributed by atoms with E-state index >= 15 is 0 Å². The molecule has 1 aromatic heterocycles. The van der Waals surface area contributed by atoms with Gasteiger partial charge in [-0.1, -0.05) is 6.07 Å². The zero-order valence-corrected chi connectivity index (χ0v) is 9.89. The van der Waals surface area contributed by atoms with Gasteiger partial charge in [0.1, 0.15) is 11.5 Å². The molecule has 1 aliphatic rings. The number of hydrogen-bond acceptors (Lipinski definition) is 4. The first kappa shape index (κ1) is 11.9. The normalized spacial score (nSPS) is 19.4. The van der Waals surface area contributed by atoms with Crippen molar-refractivity contribution in [2.45, 2.75) is 19.4 Å². The molecule has 5 nitrogen and oxygen atoms in total. The lowest BCUT2D eigenvalue weighted by molar-refractivity contribution is 0.0759. The molecule has 1 atom stereocenters. The van der Waals surface area contributed by atoms with Crippen LogP contribution in [0.5, 0.6) is 0 Å². The number of nitrogens with one attached hydrogen (secondary N) is 1. The fourth-order valence-electron chi connectivity index (χ4n) is 1.92. The Bertz CT molecular complexity index is 408. The van der Waals surface area contributed by atoms with E-state index in [1.807, 2.05) is 19.1 Å². The first-order valence-electron chi connectivity index (χ1n) is 5.89. The van der Waals surface area contributed by atoms with Crippen molar-refractivity contribution < 1.29 is 9.90 Å². The van der Waals surface area contributed by atoms with Gasteiger partial charge >= 0.3 is 0 Å². The number of β-amino-alcohol motifs (C(OH)–C–C–N with tert-alkyl or cyclic N) is 1. The summed E-state index contributed by atoms with van der Waals surface area (Å²) < 4.78 is 0. The second-order valence-electron chi connectivity index (χ2n) is 4.13. The predicted octanol–water partition coefficient (Wildman–Crippen LogP) is 0.720. The summed E-state index contributed by atoms with van der Waals surface area (Å²) in [5.74, 6) is 0.597. The van der Waals surface area contributed by atoms with E-state index in [1.165, 1.54) is 0 Å². The SMILES string of the molecule is CCNc1cccc(C(=O)N2CCC(O)C2)n1. The minimum Gasteiger partial charge on any atom is -0.391 e. The maximum absolute atomic E-state index is 12.1. The van der Waals surface area contributed by atoms with Crippen LogP contribution in [-0.4, -0.2) is 46.6 Å². The van der Waals surface area contributed by atoms with Gasteiger partial charge in [0.25, 0.3) is 5.91 Å². The van der Waals surface area contributed by atoms with Crippen LogP contribution in [0.1, 0.15) is 23.8 Å². The fourth-order valence-corrected chi connectivity index (χ4v) is 1.92. The number of likely N-dealkylation sites (tertiary alicyclic amines) is 1. The van der Waals surface area contributed by atoms with Crippen molar-refractivity contribution in [1.29, 1.82) is 0 Å². The number of aromatic nitrogens is 1. The van der Waals surface area contributed by atoms with E-state index in [0.717, 1.165) is 6.54 Å². The van der Waals surface area contributed by atoms with E-state index in [4.69, 9.17) is 0 Å². The Morgan fingerprint density at radius 1 is 1.65 bits per heavy atom. The van der Waals surface area contributed by atoms with E-state index in [0.29, 0.717) is 31.0 Å². The third-order valence-electron chi connectivity index (χ3n) is 2.78. The molecule has 1 saturated heterocycles. The minimum absolute atomic E-state index is 0.110. The van der Waals surface area contributed by atoms with Gasteiger partial charge in [0.15, 0.2) is 0 Å². The molecule has 1 aromatic rings. The molecule has 0 spiro atoms. The highest BCUT2D eigenvalue weighted by atomic mass is 16.3. The number of anilines is 1. The maximum Gasteiger partial charge on any atom is 0.272 e. The third kappa shape index (κ3) is 2.74. The number of carbonyl (C=O) groups is 1. The summed E-state index contributed by atoms with van der Waals surface area (Å²) in [6.45, 7) is 3.76. The minimum atomic E-state index is -0.393. The Balaban J connectivity index is 2.10. The van der Waals surface area contributed by atoms with E-state index < -0.39 is 6.10 Å². The number of amides is 1. The Morgan fingerprint density at radius 3 is 3.12 bits per heavy atom. The predicted molar refractivity (Wildman–Crippen MR) is 64.9 cm³/mol. The standard InChI is InChI=1S/C12H17N3O2/c1-2-13-11-5-3-4-10(14-11)12(17)15-7-6-9(16)8-15/h3-5,9,16H,2,6-8H2,1H3,(H,13,14). The van der Waals surface area contributed by atoms with Crippen LogP contribution < -0.4 is 5.32 Å². The molecule has 2 heterocycles. The molecule has 0 aliphatic carbocycles. The molecular weight excluding hydrogens is 218 g/mol. The van der Waals surface area contributed by atoms with E-state index in [9.17, 15) is 9.90 Å². The Kier molecular flexibility index (Phi) is 3.58. The van der Waals surface area contributed by atoms with Crippen molar-refractivity contribution in [3.63, 3.8) is 0 Å². The van der Waals surface area contributed by atoms with E-state index in [1.54, 1.807) is 11.0 Å². The van der Waals surface area contributed by atoms with Gasteiger partial charge in [0.05, 0.1) is 6.10 Å². The molecule has 17 heavy (non-hydrogen) atoms. The fraction of sp³-hybridized carbons (Fsp3) is 0.500. The van der Waals surface area contributed by atoms with Gasteiger partial charge in [-0.3, -0.25) is 4.79 Å². The number of nitrogens with zero attached hydrogens (tertiary/aromatic N) is 2. The van der Waals surface area contributed by atoms with Crippen LogP contribution in [-0.2, 0) is 0 Å². The third-order valence-corrected chi connectivity index (χ3v) is 2.78. The molecule has 2 rings (SSSR count). The first-order chi connectivity index (χ1) is 8.20. The van der Waals surface area contributed by atoms with Gasteiger partial charge in [0.2, 0.25) is 0 Å². The van der Waals surface area contributed by atoms with Gasteiger partial charge in [-0.2, -0.15) is 0 Å². The zero-order valence-electron chi connectivity index (χ0n) is 9.89. The molecule has 0 radical (unpaired) electrons. The smallest absolute Gasteiger partial charge is 0.272 e. The monoisotopic (exact) mass is 235 g/mol. The van der Waals surface area contributed by atoms with Gasteiger partial charge in [0, 0.05) is 19.6 Å². The highest BCUT2D eigenvalue weighted by Gasteiger charge is 2.26. The summed E-state index contributed by atoms with van der Waals surface area (Å²) in [7, 11) is 0. The molecule has 1 aliphatic heterocycles. The molecule has 1 amide bonds. The Morgan fingerprint density at radius 2 is 2.47 bits per heavy atom.